The first-order valence-corrected chi connectivity index (χ1v) is 13.0. The summed E-state index contributed by atoms with van der Waals surface area (Å²) in [6, 6.07) is 7.06. The summed E-state index contributed by atoms with van der Waals surface area (Å²) < 4.78 is 10.9. The topological polar surface area (TPSA) is 92.5 Å². The Morgan fingerprint density at radius 3 is 2.50 bits per heavy atom. The summed E-state index contributed by atoms with van der Waals surface area (Å²) >= 11 is 4.10. The van der Waals surface area contributed by atoms with Crippen molar-refractivity contribution in [3.63, 3.8) is 0 Å². The lowest BCUT2D eigenvalue weighted by molar-refractivity contribution is -0.117. The fourth-order valence-corrected chi connectivity index (χ4v) is 3.09. The highest BCUT2D eigenvalue weighted by atomic mass is 32.1. The van der Waals surface area contributed by atoms with Gasteiger partial charge in [-0.3, -0.25) is 4.79 Å². The average molecular weight is 518 g/mol. The third-order valence-electron chi connectivity index (χ3n) is 5.06. The van der Waals surface area contributed by atoms with Gasteiger partial charge >= 0.3 is 0 Å². The standard InChI is InChI=1S/C16H23N5O2.C11H20OS/c1-11(17-9-10-21(3)4)15(22)18-14-7-5-13(6-8-14)16-20-19-12(2)23-16;1-3-5-6-7-8-11(4-2)12-9-10-13/h5-8,11,17H,9-10H2,1-4H3,(H,18,22);3-5,13H,6-10H2,1-2H3/b;5-3-,11-4+. The molecular formula is C27H43N5O3S. The number of hydrogen-bond donors (Lipinski definition) is 3. The molecule has 0 aliphatic heterocycles. The van der Waals surface area contributed by atoms with E-state index in [1.165, 1.54) is 0 Å². The van der Waals surface area contributed by atoms with E-state index in [1.54, 1.807) is 6.92 Å². The van der Waals surface area contributed by atoms with Crippen LogP contribution in [0.4, 0.5) is 5.69 Å². The number of benzene rings is 1. The summed E-state index contributed by atoms with van der Waals surface area (Å²) in [4.78, 5) is 14.2. The highest BCUT2D eigenvalue weighted by Gasteiger charge is 2.12. The number of carbonyl (C=O) groups is 1. The van der Waals surface area contributed by atoms with Gasteiger partial charge in [0.2, 0.25) is 17.7 Å². The molecule has 0 radical (unpaired) electrons. The van der Waals surface area contributed by atoms with E-state index in [9.17, 15) is 4.79 Å². The van der Waals surface area contributed by atoms with Crippen molar-refractivity contribution in [2.75, 3.05) is 44.9 Å². The van der Waals surface area contributed by atoms with Crippen molar-refractivity contribution in [1.82, 2.24) is 20.4 Å². The molecule has 0 spiro atoms. The molecule has 0 bridgehead atoms. The number of aromatic nitrogens is 2. The van der Waals surface area contributed by atoms with E-state index in [4.69, 9.17) is 9.15 Å². The fourth-order valence-electron chi connectivity index (χ4n) is 2.99. The Hall–Kier alpha value is -2.62. The van der Waals surface area contributed by atoms with E-state index in [0.717, 1.165) is 55.1 Å². The normalized spacial score (nSPS) is 12.4. The lowest BCUT2D eigenvalue weighted by Gasteiger charge is -2.16. The van der Waals surface area contributed by atoms with Gasteiger partial charge in [0, 0.05) is 43.4 Å². The second-order valence-corrected chi connectivity index (χ2v) is 8.91. The van der Waals surface area contributed by atoms with Gasteiger partial charge in [-0.25, -0.2) is 0 Å². The highest BCUT2D eigenvalue weighted by molar-refractivity contribution is 7.80. The number of anilines is 1. The molecule has 2 rings (SSSR count). The Balaban J connectivity index is 0.000000426. The first-order valence-electron chi connectivity index (χ1n) is 12.4. The smallest absolute Gasteiger partial charge is 0.247 e. The van der Waals surface area contributed by atoms with Gasteiger partial charge in [0.05, 0.1) is 18.4 Å². The van der Waals surface area contributed by atoms with Crippen LogP contribution in [0.15, 0.2) is 52.7 Å². The van der Waals surface area contributed by atoms with Crippen LogP contribution in [0.2, 0.25) is 0 Å². The number of carbonyl (C=O) groups excluding carboxylic acids is 1. The molecule has 1 atom stereocenters. The highest BCUT2D eigenvalue weighted by Crippen LogP contribution is 2.20. The summed E-state index contributed by atoms with van der Waals surface area (Å²) in [5, 5.41) is 13.8. The second kappa shape index (κ2) is 18.6. The molecule has 2 N–H and O–H groups in total. The second-order valence-electron chi connectivity index (χ2n) is 8.46. The molecule has 9 heteroatoms. The minimum atomic E-state index is -0.256. The van der Waals surface area contributed by atoms with E-state index < -0.39 is 0 Å². The lowest BCUT2D eigenvalue weighted by atomic mass is 10.2. The zero-order valence-electron chi connectivity index (χ0n) is 22.6. The van der Waals surface area contributed by atoms with Crippen LogP contribution >= 0.6 is 12.6 Å². The number of hydrogen-bond acceptors (Lipinski definition) is 8. The summed E-state index contributed by atoms with van der Waals surface area (Å²) in [6.07, 6.45) is 9.65. The largest absolute Gasteiger partial charge is 0.497 e. The SMILES string of the molecule is C/C=C\CCC/C(=C\C)OCCS.Cc1nnc(-c2ccc(NC(=O)C(C)NCCN(C)C)cc2)o1. The Bertz CT molecular complexity index is 926. The Kier molecular flexibility index (Phi) is 16.2. The molecular weight excluding hydrogens is 474 g/mol. The molecule has 1 amide bonds. The molecule has 2 aromatic rings. The van der Waals surface area contributed by atoms with Crippen LogP contribution in [-0.4, -0.2) is 66.6 Å². The van der Waals surface area contributed by atoms with Gasteiger partial charge in [-0.2, -0.15) is 12.6 Å². The van der Waals surface area contributed by atoms with E-state index in [1.807, 2.05) is 65.2 Å². The predicted molar refractivity (Wildman–Crippen MR) is 151 cm³/mol. The number of unbranched alkanes of at least 4 members (excludes halogenated alkanes) is 1. The minimum absolute atomic E-state index is 0.0647. The number of amides is 1. The van der Waals surface area contributed by atoms with Crippen molar-refractivity contribution >= 4 is 24.2 Å². The summed E-state index contributed by atoms with van der Waals surface area (Å²) in [6.45, 7) is 10.0. The van der Waals surface area contributed by atoms with Crippen molar-refractivity contribution < 1.29 is 13.9 Å². The van der Waals surface area contributed by atoms with Crippen molar-refractivity contribution in [3.05, 3.63) is 54.1 Å². The molecule has 200 valence electrons. The molecule has 8 nitrogen and oxygen atoms in total. The number of nitrogens with zero attached hydrogens (tertiary/aromatic N) is 3. The Morgan fingerprint density at radius 1 is 1.22 bits per heavy atom. The van der Waals surface area contributed by atoms with E-state index in [-0.39, 0.29) is 11.9 Å². The first kappa shape index (κ1) is 31.4. The molecule has 0 saturated carbocycles. The molecule has 1 unspecified atom stereocenters. The van der Waals surface area contributed by atoms with Crippen LogP contribution in [-0.2, 0) is 9.53 Å². The summed E-state index contributed by atoms with van der Waals surface area (Å²) in [5.74, 6) is 2.81. The Morgan fingerprint density at radius 2 is 1.94 bits per heavy atom. The zero-order chi connectivity index (χ0) is 26.8. The van der Waals surface area contributed by atoms with Gasteiger partial charge in [-0.15, -0.1) is 10.2 Å². The molecule has 36 heavy (non-hydrogen) atoms. The van der Waals surface area contributed by atoms with E-state index in [0.29, 0.717) is 18.4 Å². The average Bonchev–Trinajstić information content (AvgIpc) is 3.30. The third kappa shape index (κ3) is 13.5. The molecule has 1 aromatic heterocycles. The van der Waals surface area contributed by atoms with E-state index >= 15 is 0 Å². The predicted octanol–water partition coefficient (Wildman–Crippen LogP) is 5.11. The number of rotatable bonds is 14. The number of nitrogens with one attached hydrogen (secondary N) is 2. The lowest BCUT2D eigenvalue weighted by Crippen LogP contribution is -2.41. The number of allylic oxidation sites excluding steroid dienone is 4. The van der Waals surface area contributed by atoms with E-state index in [2.05, 4.69) is 50.5 Å². The summed E-state index contributed by atoms with van der Waals surface area (Å²) in [7, 11) is 4.00. The van der Waals surface area contributed by atoms with Gasteiger partial charge in [-0.1, -0.05) is 12.2 Å². The maximum atomic E-state index is 12.1. The number of likely N-dealkylation sites (N-methyl/N-ethyl adjacent to an activating group) is 1. The molecule has 0 aliphatic rings. The first-order chi connectivity index (χ1) is 17.3. The molecule has 0 aliphatic carbocycles. The fraction of sp³-hybridized carbons (Fsp3) is 0.519. The quantitative estimate of drug-likeness (QED) is 0.139. The van der Waals surface area contributed by atoms with Crippen LogP contribution in [0.1, 0.15) is 45.9 Å². The molecule has 0 saturated heterocycles. The van der Waals surface area contributed by atoms with Gasteiger partial charge < -0.3 is 24.7 Å². The third-order valence-corrected chi connectivity index (χ3v) is 5.24. The van der Waals surface area contributed by atoms with Crippen LogP contribution in [0.5, 0.6) is 0 Å². The summed E-state index contributed by atoms with van der Waals surface area (Å²) in [5.41, 5.74) is 1.55. The van der Waals surface area contributed by atoms with Crippen molar-refractivity contribution in [2.45, 2.75) is 53.0 Å². The van der Waals surface area contributed by atoms with Gasteiger partial charge in [0.15, 0.2) is 0 Å². The maximum absolute atomic E-state index is 12.1. The van der Waals surface area contributed by atoms with Gasteiger partial charge in [0.1, 0.15) is 0 Å². The van der Waals surface area contributed by atoms with Gasteiger partial charge in [-0.05, 0) is 78.0 Å². The minimum Gasteiger partial charge on any atom is -0.497 e. The van der Waals surface area contributed by atoms with Crippen LogP contribution in [0, 0.1) is 6.92 Å². The molecule has 0 fully saturated rings. The molecule has 1 heterocycles. The van der Waals surface area contributed by atoms with Crippen molar-refractivity contribution in [3.8, 4) is 11.5 Å². The van der Waals surface area contributed by atoms with Crippen molar-refractivity contribution in [2.24, 2.45) is 0 Å². The number of ether oxygens (including phenoxy) is 1. The molecule has 1 aromatic carbocycles. The maximum Gasteiger partial charge on any atom is 0.247 e. The Labute approximate surface area is 222 Å². The number of aryl methyl sites for hydroxylation is 1. The monoisotopic (exact) mass is 517 g/mol. The number of thiol groups is 1. The van der Waals surface area contributed by atoms with Gasteiger partial charge in [0.25, 0.3) is 0 Å². The van der Waals surface area contributed by atoms with Crippen LogP contribution in [0.25, 0.3) is 11.5 Å². The zero-order valence-corrected chi connectivity index (χ0v) is 23.5. The van der Waals surface area contributed by atoms with Crippen molar-refractivity contribution in [1.29, 1.82) is 0 Å². The van der Waals surface area contributed by atoms with Crippen LogP contribution < -0.4 is 10.6 Å². The van der Waals surface area contributed by atoms with Crippen LogP contribution in [0.3, 0.4) is 0 Å².